The third-order valence-electron chi connectivity index (χ3n) is 5.96. The third kappa shape index (κ3) is 4.92. The summed E-state index contributed by atoms with van der Waals surface area (Å²) >= 11 is 0. The van der Waals surface area contributed by atoms with Crippen LogP contribution in [0.1, 0.15) is 30.9 Å². The van der Waals surface area contributed by atoms with Crippen LogP contribution < -0.4 is 16.2 Å². The van der Waals surface area contributed by atoms with Crippen LogP contribution in [-0.2, 0) is 0 Å². The quantitative estimate of drug-likeness (QED) is 0.421. The molecule has 2 aromatic heterocycles. The van der Waals surface area contributed by atoms with Crippen LogP contribution in [0, 0.1) is 0 Å². The highest BCUT2D eigenvalue weighted by Crippen LogP contribution is 2.31. The molecule has 1 aromatic carbocycles. The number of piperidine rings is 1. The van der Waals surface area contributed by atoms with Crippen LogP contribution in [0.3, 0.4) is 0 Å². The molecule has 1 fully saturated rings. The lowest BCUT2D eigenvalue weighted by Crippen LogP contribution is -2.37. The molecular weight excluding hydrogens is 426 g/mol. The van der Waals surface area contributed by atoms with Gasteiger partial charge in [-0.05, 0) is 52.0 Å². The molecule has 0 radical (unpaired) electrons. The molecule has 4 rings (SSSR count). The van der Waals surface area contributed by atoms with Gasteiger partial charge in [0.05, 0.1) is 22.3 Å². The third-order valence-corrected chi connectivity index (χ3v) is 5.96. The van der Waals surface area contributed by atoms with Crippen molar-refractivity contribution < 1.29 is 14.7 Å². The minimum absolute atomic E-state index is 0.0103. The molecule has 1 aliphatic rings. The van der Waals surface area contributed by atoms with E-state index < -0.39 is 6.09 Å². The number of carbonyl (C=O) groups excluding carboxylic acids is 1. The topological polar surface area (TPSA) is 135 Å². The van der Waals surface area contributed by atoms with Crippen molar-refractivity contribution in [3.63, 3.8) is 0 Å². The van der Waals surface area contributed by atoms with Gasteiger partial charge >= 0.3 is 12.1 Å². The fourth-order valence-corrected chi connectivity index (χ4v) is 4.31. The smallest absolute Gasteiger partial charge is 0.407 e. The van der Waals surface area contributed by atoms with E-state index in [2.05, 4.69) is 25.6 Å². The van der Waals surface area contributed by atoms with Gasteiger partial charge in [0.1, 0.15) is 5.65 Å². The van der Waals surface area contributed by atoms with Crippen LogP contribution >= 0.6 is 0 Å². The van der Waals surface area contributed by atoms with Crippen molar-refractivity contribution in [1.29, 1.82) is 0 Å². The molecule has 11 heteroatoms. The summed E-state index contributed by atoms with van der Waals surface area (Å²) in [4.78, 5) is 42.5. The van der Waals surface area contributed by atoms with Gasteiger partial charge in [0.25, 0.3) is 5.56 Å². The highest BCUT2D eigenvalue weighted by atomic mass is 16.4. The van der Waals surface area contributed by atoms with Crippen molar-refractivity contribution in [2.75, 3.05) is 45.6 Å². The van der Waals surface area contributed by atoms with E-state index in [-0.39, 0.29) is 17.5 Å². The molecule has 33 heavy (non-hydrogen) atoms. The highest BCUT2D eigenvalue weighted by molar-refractivity contribution is 6.07. The molecular formula is C22H29N7O4. The number of likely N-dealkylation sites (tertiary alicyclic amines) is 1. The van der Waals surface area contributed by atoms with Crippen LogP contribution in [0.15, 0.2) is 29.1 Å². The Bertz CT molecular complexity index is 1220. The molecule has 3 aromatic rings. The number of aromatic amines is 1. The maximum Gasteiger partial charge on any atom is 0.407 e. The number of nitrogens with zero attached hydrogens (tertiary/aromatic N) is 4. The van der Waals surface area contributed by atoms with Gasteiger partial charge in [0.2, 0.25) is 0 Å². The Balaban J connectivity index is 1.62. The first kappa shape index (κ1) is 22.6. The molecule has 3 amide bonds. The lowest BCUT2D eigenvalue weighted by Gasteiger charge is -2.30. The van der Waals surface area contributed by atoms with Crippen LogP contribution in [0.25, 0.3) is 16.6 Å². The summed E-state index contributed by atoms with van der Waals surface area (Å²) in [6, 6.07) is 6.63. The Morgan fingerprint density at radius 3 is 2.73 bits per heavy atom. The second-order valence-corrected chi connectivity index (χ2v) is 8.60. The van der Waals surface area contributed by atoms with Crippen LogP contribution in [0.2, 0.25) is 0 Å². The zero-order valence-electron chi connectivity index (χ0n) is 18.8. The Labute approximate surface area is 190 Å². The van der Waals surface area contributed by atoms with Crippen molar-refractivity contribution in [2.45, 2.75) is 25.2 Å². The van der Waals surface area contributed by atoms with Crippen molar-refractivity contribution in [1.82, 2.24) is 29.7 Å². The first-order valence-electron chi connectivity index (χ1n) is 11.1. The number of urea groups is 1. The SMILES string of the molecule is CN(C)CCCNC(=O)Nc1cccc2nn3c(C4CCN(C(=O)O)CC4)cc(=O)[nH]c3c12. The van der Waals surface area contributed by atoms with E-state index in [4.69, 9.17) is 0 Å². The molecule has 0 unspecified atom stereocenters. The standard InChI is InChI=1S/C22H29N7O4/c1-27(2)10-4-9-23-21(31)24-15-5-3-6-16-19(15)20-25-18(30)13-17(29(20)26-16)14-7-11-28(12-8-14)22(32)33/h3,5-6,13-14H,4,7-12H2,1-2H3,(H,25,30)(H,32,33)(H2,23,24,31). The number of fused-ring (bicyclic) bond motifs is 3. The number of anilines is 1. The van der Waals surface area contributed by atoms with E-state index in [0.29, 0.717) is 54.7 Å². The molecule has 11 nitrogen and oxygen atoms in total. The maximum absolute atomic E-state index is 12.5. The zero-order chi connectivity index (χ0) is 23.5. The van der Waals surface area contributed by atoms with E-state index in [1.54, 1.807) is 16.6 Å². The number of aromatic nitrogens is 3. The minimum atomic E-state index is -0.926. The second-order valence-electron chi connectivity index (χ2n) is 8.60. The normalized spacial score (nSPS) is 14.8. The number of H-pyrrole nitrogens is 1. The summed E-state index contributed by atoms with van der Waals surface area (Å²) < 4.78 is 1.72. The van der Waals surface area contributed by atoms with Gasteiger partial charge in [0.15, 0.2) is 0 Å². The summed E-state index contributed by atoms with van der Waals surface area (Å²) in [5.41, 5.74) is 2.20. The Hall–Kier alpha value is -3.60. The largest absolute Gasteiger partial charge is 0.465 e. The van der Waals surface area contributed by atoms with E-state index >= 15 is 0 Å². The van der Waals surface area contributed by atoms with Crippen molar-refractivity contribution in [3.05, 3.63) is 40.3 Å². The second kappa shape index (κ2) is 9.49. The molecule has 176 valence electrons. The van der Waals surface area contributed by atoms with E-state index in [1.807, 2.05) is 20.2 Å². The number of carbonyl (C=O) groups is 2. The molecule has 0 saturated carbocycles. The van der Waals surface area contributed by atoms with Crippen LogP contribution in [0.4, 0.5) is 15.3 Å². The number of rotatable bonds is 6. The van der Waals surface area contributed by atoms with Crippen molar-refractivity contribution in [2.24, 2.45) is 0 Å². The average molecular weight is 456 g/mol. The van der Waals surface area contributed by atoms with Gasteiger partial charge in [-0.2, -0.15) is 5.10 Å². The average Bonchev–Trinajstić information content (AvgIpc) is 3.15. The summed E-state index contributed by atoms with van der Waals surface area (Å²) in [6.45, 7) is 2.25. The number of benzene rings is 1. The first-order chi connectivity index (χ1) is 15.8. The lowest BCUT2D eigenvalue weighted by atomic mass is 9.93. The molecule has 0 aliphatic carbocycles. The number of hydrogen-bond donors (Lipinski definition) is 4. The van der Waals surface area contributed by atoms with E-state index in [9.17, 15) is 19.5 Å². The number of carboxylic acid groups (broad SMARTS) is 1. The van der Waals surface area contributed by atoms with Crippen LogP contribution in [-0.4, -0.2) is 81.9 Å². The molecule has 1 saturated heterocycles. The lowest BCUT2D eigenvalue weighted by molar-refractivity contribution is 0.131. The monoisotopic (exact) mass is 455 g/mol. The Morgan fingerprint density at radius 2 is 2.03 bits per heavy atom. The van der Waals surface area contributed by atoms with Gasteiger partial charge in [-0.15, -0.1) is 0 Å². The minimum Gasteiger partial charge on any atom is -0.465 e. The van der Waals surface area contributed by atoms with Gasteiger partial charge < -0.3 is 30.5 Å². The molecule has 0 spiro atoms. The number of amides is 3. The first-order valence-corrected chi connectivity index (χ1v) is 11.1. The zero-order valence-corrected chi connectivity index (χ0v) is 18.8. The molecule has 0 atom stereocenters. The fourth-order valence-electron chi connectivity index (χ4n) is 4.31. The summed E-state index contributed by atoms with van der Waals surface area (Å²) in [6.07, 6.45) is 1.13. The summed E-state index contributed by atoms with van der Waals surface area (Å²) in [7, 11) is 3.97. The maximum atomic E-state index is 12.5. The van der Waals surface area contributed by atoms with Gasteiger partial charge in [-0.25, -0.2) is 14.1 Å². The molecule has 0 bridgehead atoms. The van der Waals surface area contributed by atoms with Gasteiger partial charge in [0, 0.05) is 31.6 Å². The van der Waals surface area contributed by atoms with Crippen molar-refractivity contribution in [3.8, 4) is 0 Å². The molecule has 3 heterocycles. The highest BCUT2D eigenvalue weighted by Gasteiger charge is 2.26. The molecule has 4 N–H and O–H groups in total. The number of nitrogens with one attached hydrogen (secondary N) is 3. The summed E-state index contributed by atoms with van der Waals surface area (Å²) in [5, 5.41) is 20.3. The number of hydrogen-bond acceptors (Lipinski definition) is 5. The van der Waals surface area contributed by atoms with Gasteiger partial charge in [-0.1, -0.05) is 6.07 Å². The van der Waals surface area contributed by atoms with E-state index in [0.717, 1.165) is 18.7 Å². The molecule has 1 aliphatic heterocycles. The van der Waals surface area contributed by atoms with Crippen molar-refractivity contribution >= 4 is 34.4 Å². The van der Waals surface area contributed by atoms with Crippen LogP contribution in [0.5, 0.6) is 0 Å². The predicted octanol–water partition coefficient (Wildman–Crippen LogP) is 2.11. The van der Waals surface area contributed by atoms with Gasteiger partial charge in [-0.3, -0.25) is 4.79 Å². The Kier molecular flexibility index (Phi) is 6.50. The predicted molar refractivity (Wildman–Crippen MR) is 125 cm³/mol. The summed E-state index contributed by atoms with van der Waals surface area (Å²) in [5.74, 6) is 0.0103. The Morgan fingerprint density at radius 1 is 1.27 bits per heavy atom. The van der Waals surface area contributed by atoms with E-state index in [1.165, 1.54) is 11.0 Å². The fraction of sp³-hybridized carbons (Fsp3) is 0.455.